The summed E-state index contributed by atoms with van der Waals surface area (Å²) in [4.78, 5) is 4.18. The quantitative estimate of drug-likeness (QED) is 0.665. The van der Waals surface area contributed by atoms with Gasteiger partial charge in [0.25, 0.3) is 0 Å². The Morgan fingerprint density at radius 2 is 1.83 bits per heavy atom. The van der Waals surface area contributed by atoms with Crippen LogP contribution in [0.15, 0.2) is 18.5 Å². The van der Waals surface area contributed by atoms with E-state index in [1.807, 2.05) is 19.2 Å². The number of hydrogen-bond donors (Lipinski definition) is 3. The molecular weight excluding hydrogens is 226 g/mol. The van der Waals surface area contributed by atoms with Crippen LogP contribution in [0.4, 0.5) is 11.4 Å². The fourth-order valence-electron chi connectivity index (χ4n) is 1.82. The van der Waals surface area contributed by atoms with E-state index in [-0.39, 0.29) is 0 Å². The van der Waals surface area contributed by atoms with Gasteiger partial charge in [0.15, 0.2) is 0 Å². The molecule has 0 aliphatic heterocycles. The third-order valence-electron chi connectivity index (χ3n) is 2.78. The molecule has 3 N–H and O–H groups in total. The van der Waals surface area contributed by atoms with Gasteiger partial charge in [0.2, 0.25) is 0 Å². The molecule has 0 amide bonds. The summed E-state index contributed by atoms with van der Waals surface area (Å²) >= 11 is 0. The van der Waals surface area contributed by atoms with Crippen LogP contribution in [0.3, 0.4) is 0 Å². The van der Waals surface area contributed by atoms with Crippen molar-refractivity contribution in [3.63, 3.8) is 0 Å². The van der Waals surface area contributed by atoms with Crippen molar-refractivity contribution < 1.29 is 5.11 Å². The zero-order chi connectivity index (χ0) is 13.4. The van der Waals surface area contributed by atoms with E-state index >= 15 is 0 Å². The third kappa shape index (κ3) is 5.36. The number of rotatable bonds is 8. The highest BCUT2D eigenvalue weighted by Crippen LogP contribution is 2.16. The predicted octanol–water partition coefficient (Wildman–Crippen LogP) is 2.87. The lowest BCUT2D eigenvalue weighted by molar-refractivity contribution is 0.0637. The van der Waals surface area contributed by atoms with Crippen LogP contribution < -0.4 is 10.6 Å². The van der Waals surface area contributed by atoms with Crippen molar-refractivity contribution in [1.29, 1.82) is 0 Å². The fraction of sp³-hybridized carbons (Fsp3) is 0.643. The van der Waals surface area contributed by atoms with Crippen LogP contribution in [0.25, 0.3) is 0 Å². The first kappa shape index (κ1) is 14.8. The van der Waals surface area contributed by atoms with Crippen LogP contribution in [0, 0.1) is 0 Å². The van der Waals surface area contributed by atoms with Crippen LogP contribution >= 0.6 is 0 Å². The van der Waals surface area contributed by atoms with E-state index in [4.69, 9.17) is 0 Å². The van der Waals surface area contributed by atoms with E-state index in [1.54, 1.807) is 6.20 Å². The van der Waals surface area contributed by atoms with Gasteiger partial charge in [-0.15, -0.1) is 0 Å². The first-order valence-electron chi connectivity index (χ1n) is 6.72. The molecular formula is C14H25N3O. The summed E-state index contributed by atoms with van der Waals surface area (Å²) < 4.78 is 0. The maximum atomic E-state index is 10.1. The Morgan fingerprint density at radius 1 is 1.17 bits per heavy atom. The van der Waals surface area contributed by atoms with Crippen molar-refractivity contribution in [3.05, 3.63) is 18.5 Å². The van der Waals surface area contributed by atoms with Crippen molar-refractivity contribution in [2.45, 2.75) is 45.6 Å². The standard InChI is InChI=1S/C14H25N3O/c1-4-6-14(3,18)11-17-13-8-12(9-15-10-13)16-7-5-2/h8-10,16-18H,4-7,11H2,1-3H3. The van der Waals surface area contributed by atoms with E-state index in [0.717, 1.165) is 37.2 Å². The van der Waals surface area contributed by atoms with Gasteiger partial charge in [-0.1, -0.05) is 20.3 Å². The van der Waals surface area contributed by atoms with Crippen molar-refractivity contribution in [3.8, 4) is 0 Å². The highest BCUT2D eigenvalue weighted by atomic mass is 16.3. The Labute approximate surface area is 110 Å². The molecule has 0 radical (unpaired) electrons. The molecule has 1 heterocycles. The minimum Gasteiger partial charge on any atom is -0.388 e. The summed E-state index contributed by atoms with van der Waals surface area (Å²) in [6.07, 6.45) is 6.44. The number of anilines is 2. The van der Waals surface area contributed by atoms with Gasteiger partial charge in [-0.2, -0.15) is 0 Å². The number of hydrogen-bond acceptors (Lipinski definition) is 4. The third-order valence-corrected chi connectivity index (χ3v) is 2.78. The Hall–Kier alpha value is -1.29. The predicted molar refractivity (Wildman–Crippen MR) is 77.0 cm³/mol. The van der Waals surface area contributed by atoms with Gasteiger partial charge in [-0.05, 0) is 25.8 Å². The minimum atomic E-state index is -0.665. The lowest BCUT2D eigenvalue weighted by Gasteiger charge is -2.23. The normalized spacial score (nSPS) is 14.0. The van der Waals surface area contributed by atoms with Crippen molar-refractivity contribution in [1.82, 2.24) is 4.98 Å². The number of aliphatic hydroxyl groups is 1. The first-order valence-corrected chi connectivity index (χ1v) is 6.72. The molecule has 0 aliphatic carbocycles. The molecule has 0 aliphatic rings. The van der Waals surface area contributed by atoms with E-state index in [1.165, 1.54) is 0 Å². The smallest absolute Gasteiger partial charge is 0.0791 e. The van der Waals surface area contributed by atoms with E-state index < -0.39 is 5.60 Å². The van der Waals surface area contributed by atoms with Crippen LogP contribution in [0.2, 0.25) is 0 Å². The Balaban J connectivity index is 2.51. The highest BCUT2D eigenvalue weighted by Gasteiger charge is 2.18. The molecule has 1 aromatic rings. The van der Waals surface area contributed by atoms with Crippen LogP contribution in [0.5, 0.6) is 0 Å². The number of pyridine rings is 1. The summed E-state index contributed by atoms with van der Waals surface area (Å²) in [5, 5.41) is 16.6. The average Bonchev–Trinajstić information content (AvgIpc) is 2.35. The SMILES string of the molecule is CCCNc1cncc(NCC(C)(O)CCC)c1. The monoisotopic (exact) mass is 251 g/mol. The molecule has 1 unspecified atom stereocenters. The molecule has 0 fully saturated rings. The summed E-state index contributed by atoms with van der Waals surface area (Å²) in [6, 6.07) is 2.02. The topological polar surface area (TPSA) is 57.2 Å². The molecule has 1 rings (SSSR count). The van der Waals surface area contributed by atoms with Crippen molar-refractivity contribution in [2.24, 2.45) is 0 Å². The second-order valence-corrected chi connectivity index (χ2v) is 4.99. The van der Waals surface area contributed by atoms with E-state index in [0.29, 0.717) is 6.54 Å². The Morgan fingerprint density at radius 3 is 2.44 bits per heavy atom. The Kier molecular flexibility index (Phi) is 5.92. The van der Waals surface area contributed by atoms with Crippen molar-refractivity contribution >= 4 is 11.4 Å². The maximum Gasteiger partial charge on any atom is 0.0791 e. The molecule has 0 saturated carbocycles. The molecule has 4 nitrogen and oxygen atoms in total. The van der Waals surface area contributed by atoms with Crippen molar-refractivity contribution in [2.75, 3.05) is 23.7 Å². The number of nitrogens with one attached hydrogen (secondary N) is 2. The van der Waals surface area contributed by atoms with Gasteiger partial charge in [0.05, 0.1) is 29.4 Å². The van der Waals surface area contributed by atoms with Crippen LogP contribution in [-0.4, -0.2) is 28.8 Å². The van der Waals surface area contributed by atoms with Crippen LogP contribution in [-0.2, 0) is 0 Å². The molecule has 4 heteroatoms. The molecule has 0 spiro atoms. The second kappa shape index (κ2) is 7.21. The summed E-state index contributed by atoms with van der Waals surface area (Å²) in [5.41, 5.74) is 1.28. The molecule has 0 bridgehead atoms. The molecule has 0 saturated heterocycles. The summed E-state index contributed by atoms with van der Waals surface area (Å²) in [5.74, 6) is 0. The largest absolute Gasteiger partial charge is 0.388 e. The Bertz CT molecular complexity index is 353. The molecule has 1 aromatic heterocycles. The molecule has 102 valence electrons. The summed E-state index contributed by atoms with van der Waals surface area (Å²) in [7, 11) is 0. The van der Waals surface area contributed by atoms with Gasteiger partial charge in [0.1, 0.15) is 0 Å². The van der Waals surface area contributed by atoms with Gasteiger partial charge in [-0.25, -0.2) is 0 Å². The van der Waals surface area contributed by atoms with Gasteiger partial charge >= 0.3 is 0 Å². The maximum absolute atomic E-state index is 10.1. The lowest BCUT2D eigenvalue weighted by Crippen LogP contribution is -2.33. The molecule has 0 aromatic carbocycles. The van der Waals surface area contributed by atoms with Crippen LogP contribution in [0.1, 0.15) is 40.0 Å². The van der Waals surface area contributed by atoms with E-state index in [2.05, 4.69) is 29.5 Å². The van der Waals surface area contributed by atoms with E-state index in [9.17, 15) is 5.11 Å². The lowest BCUT2D eigenvalue weighted by atomic mass is 10.0. The fourth-order valence-corrected chi connectivity index (χ4v) is 1.82. The summed E-state index contributed by atoms with van der Waals surface area (Å²) in [6.45, 7) is 7.55. The zero-order valence-electron chi connectivity index (χ0n) is 11.7. The number of nitrogens with zero attached hydrogens (tertiary/aromatic N) is 1. The molecule has 18 heavy (non-hydrogen) atoms. The first-order chi connectivity index (χ1) is 8.57. The van der Waals surface area contributed by atoms with Gasteiger partial charge < -0.3 is 15.7 Å². The average molecular weight is 251 g/mol. The minimum absolute atomic E-state index is 0.541. The molecule has 1 atom stereocenters. The van der Waals surface area contributed by atoms with Gasteiger partial charge in [0, 0.05) is 13.1 Å². The highest BCUT2D eigenvalue weighted by molar-refractivity contribution is 5.54. The zero-order valence-corrected chi connectivity index (χ0v) is 11.7. The number of aromatic nitrogens is 1. The van der Waals surface area contributed by atoms with Gasteiger partial charge in [-0.3, -0.25) is 4.98 Å². The second-order valence-electron chi connectivity index (χ2n) is 4.99.